The van der Waals surface area contributed by atoms with Crippen molar-refractivity contribution in [1.29, 1.82) is 0 Å². The van der Waals surface area contributed by atoms with Gasteiger partial charge in [-0.2, -0.15) is 15.3 Å². The van der Waals surface area contributed by atoms with Crippen molar-refractivity contribution in [3.05, 3.63) is 53.9 Å². The zero-order valence-corrected chi connectivity index (χ0v) is 28.2. The smallest absolute Gasteiger partial charge is 0.0594 e. The van der Waals surface area contributed by atoms with Crippen LogP contribution in [-0.2, 0) is 22.6 Å². The molecule has 0 bridgehead atoms. The molecule has 0 unspecified atom stereocenters. The molecule has 43 heavy (non-hydrogen) atoms. The van der Waals surface area contributed by atoms with Gasteiger partial charge in [0.25, 0.3) is 0 Å². The lowest BCUT2D eigenvalue weighted by atomic mass is 10.1. The van der Waals surface area contributed by atoms with E-state index in [0.717, 1.165) is 78.8 Å². The van der Waals surface area contributed by atoms with Crippen LogP contribution in [0.5, 0.6) is 0 Å². The fraction of sp³-hybridized carbons (Fsp3) is 0.727. The third-order valence-corrected chi connectivity index (χ3v) is 7.96. The van der Waals surface area contributed by atoms with Crippen LogP contribution in [0.25, 0.3) is 0 Å². The van der Waals surface area contributed by atoms with Gasteiger partial charge in [-0.3, -0.25) is 23.8 Å². The van der Waals surface area contributed by atoms with Gasteiger partial charge >= 0.3 is 0 Å². The number of morpholine rings is 2. The molecule has 3 aromatic heterocycles. The van der Waals surface area contributed by atoms with Crippen LogP contribution in [0.2, 0.25) is 0 Å². The molecule has 0 aromatic carbocycles. The van der Waals surface area contributed by atoms with Crippen molar-refractivity contribution in [2.75, 3.05) is 65.7 Å². The molecular formula is C33H58N8O2. The van der Waals surface area contributed by atoms with E-state index in [1.165, 1.54) is 16.7 Å². The van der Waals surface area contributed by atoms with E-state index in [0.29, 0.717) is 23.8 Å². The molecule has 3 aromatic rings. The van der Waals surface area contributed by atoms with Crippen LogP contribution < -0.4 is 0 Å². The Morgan fingerprint density at radius 3 is 1.21 bits per heavy atom. The molecule has 0 atom stereocenters. The van der Waals surface area contributed by atoms with Crippen molar-refractivity contribution in [3.8, 4) is 0 Å². The van der Waals surface area contributed by atoms with Gasteiger partial charge < -0.3 is 9.47 Å². The summed E-state index contributed by atoms with van der Waals surface area (Å²) in [5, 5.41) is 13.0. The second-order valence-electron chi connectivity index (χ2n) is 12.8. The molecule has 5 heterocycles. The maximum Gasteiger partial charge on any atom is 0.0594 e. The normalized spacial score (nSPS) is 16.5. The minimum atomic E-state index is 0.475. The van der Waals surface area contributed by atoms with E-state index in [4.69, 9.17) is 9.47 Å². The monoisotopic (exact) mass is 598 g/mol. The largest absolute Gasteiger partial charge is 0.379 e. The molecule has 2 aliphatic heterocycles. The van der Waals surface area contributed by atoms with Crippen molar-refractivity contribution in [3.63, 3.8) is 0 Å². The summed E-state index contributed by atoms with van der Waals surface area (Å²) in [6.07, 6.45) is 12.3. The van der Waals surface area contributed by atoms with E-state index < -0.39 is 0 Å². The average molecular weight is 599 g/mol. The Kier molecular flexibility index (Phi) is 14.9. The molecule has 5 rings (SSSR count). The third kappa shape index (κ3) is 12.5. The zero-order chi connectivity index (χ0) is 31.2. The molecule has 0 amide bonds. The number of aromatic nitrogens is 6. The van der Waals surface area contributed by atoms with Crippen LogP contribution in [-0.4, -0.2) is 105 Å². The van der Waals surface area contributed by atoms with Gasteiger partial charge in [0.2, 0.25) is 0 Å². The average Bonchev–Trinajstić information content (AvgIpc) is 3.78. The van der Waals surface area contributed by atoms with E-state index in [1.807, 2.05) is 32.6 Å². The summed E-state index contributed by atoms with van der Waals surface area (Å²) in [7, 11) is 0. The summed E-state index contributed by atoms with van der Waals surface area (Å²) in [5.74, 6) is 1.72. The van der Waals surface area contributed by atoms with Gasteiger partial charge in [-0.05, 0) is 48.3 Å². The van der Waals surface area contributed by atoms with E-state index >= 15 is 0 Å². The van der Waals surface area contributed by atoms with Gasteiger partial charge in [0.1, 0.15) is 0 Å². The quantitative estimate of drug-likeness (QED) is 0.315. The number of nitrogens with zero attached hydrogens (tertiary/aromatic N) is 8. The lowest BCUT2D eigenvalue weighted by Gasteiger charge is -2.26. The summed E-state index contributed by atoms with van der Waals surface area (Å²) >= 11 is 0. The Morgan fingerprint density at radius 2 is 0.907 bits per heavy atom. The number of hydrogen-bond donors (Lipinski definition) is 0. The van der Waals surface area contributed by atoms with Crippen LogP contribution in [0.4, 0.5) is 0 Å². The number of ether oxygens (including phenoxy) is 2. The second-order valence-corrected chi connectivity index (χ2v) is 12.8. The maximum absolute atomic E-state index is 5.32. The summed E-state index contributed by atoms with van der Waals surface area (Å²) in [4.78, 5) is 4.86. The number of rotatable bonds is 10. The van der Waals surface area contributed by atoms with Crippen molar-refractivity contribution in [2.45, 2.75) is 92.3 Å². The highest BCUT2D eigenvalue weighted by molar-refractivity contribution is 5.10. The van der Waals surface area contributed by atoms with E-state index in [1.54, 1.807) is 0 Å². The lowest BCUT2D eigenvalue weighted by molar-refractivity contribution is 0.0359. The van der Waals surface area contributed by atoms with Gasteiger partial charge in [-0.15, -0.1) is 0 Å². The molecule has 0 spiro atoms. The lowest BCUT2D eigenvalue weighted by Crippen LogP contribution is -2.38. The van der Waals surface area contributed by atoms with Gasteiger partial charge in [-0.25, -0.2) is 0 Å². The summed E-state index contributed by atoms with van der Waals surface area (Å²) in [5.41, 5.74) is 3.96. The van der Waals surface area contributed by atoms with Gasteiger partial charge in [-0.1, -0.05) is 41.5 Å². The Balaban J connectivity index is 0.000000180. The molecule has 10 heteroatoms. The molecule has 0 saturated carbocycles. The SMILES string of the molecule is CC(C)c1cnn(C(C)C)c1.CC(C)c1cnn(CCN2CCOCC2)c1.CC(C)c1cnn(CCN2CCOCC2)c1. The first kappa shape index (κ1) is 35.0. The molecule has 0 radical (unpaired) electrons. The highest BCUT2D eigenvalue weighted by Gasteiger charge is 2.12. The van der Waals surface area contributed by atoms with Crippen LogP contribution in [0.3, 0.4) is 0 Å². The molecular weight excluding hydrogens is 540 g/mol. The van der Waals surface area contributed by atoms with Crippen molar-refractivity contribution in [2.24, 2.45) is 0 Å². The van der Waals surface area contributed by atoms with E-state index in [-0.39, 0.29) is 0 Å². The molecule has 0 aliphatic carbocycles. The van der Waals surface area contributed by atoms with Crippen LogP contribution in [0.15, 0.2) is 37.2 Å². The van der Waals surface area contributed by atoms with Crippen LogP contribution in [0.1, 0.15) is 95.9 Å². The molecule has 2 aliphatic rings. The van der Waals surface area contributed by atoms with E-state index in [9.17, 15) is 0 Å². The first-order valence-corrected chi connectivity index (χ1v) is 16.3. The van der Waals surface area contributed by atoms with Crippen molar-refractivity contribution in [1.82, 2.24) is 39.1 Å². The first-order chi connectivity index (χ1) is 20.6. The third-order valence-electron chi connectivity index (χ3n) is 7.96. The second kappa shape index (κ2) is 18.3. The molecule has 242 valence electrons. The fourth-order valence-corrected chi connectivity index (χ4v) is 4.67. The summed E-state index contributed by atoms with van der Waals surface area (Å²) < 4.78 is 16.7. The van der Waals surface area contributed by atoms with Gasteiger partial charge in [0.15, 0.2) is 0 Å². The summed E-state index contributed by atoms with van der Waals surface area (Å²) in [6, 6.07) is 0.475. The standard InChI is InChI=1S/2C12H21N3O.C9H16N2/c2*1-11(2)12-9-13-15(10-12)4-3-14-5-7-16-8-6-14;1-7(2)9-5-10-11(6-9)8(3)4/h2*9-11H,3-8H2,1-2H3;5-8H,1-4H3. The Bertz CT molecular complexity index is 1050. The number of hydrogen-bond acceptors (Lipinski definition) is 7. The van der Waals surface area contributed by atoms with Gasteiger partial charge in [0.05, 0.1) is 58.1 Å². The first-order valence-electron chi connectivity index (χ1n) is 16.3. The van der Waals surface area contributed by atoms with E-state index in [2.05, 4.69) is 99.1 Å². The van der Waals surface area contributed by atoms with Gasteiger partial charge in [0, 0.05) is 63.9 Å². The minimum absolute atomic E-state index is 0.475. The minimum Gasteiger partial charge on any atom is -0.379 e. The maximum atomic E-state index is 5.32. The Hall–Kier alpha value is -2.53. The van der Waals surface area contributed by atoms with Crippen LogP contribution in [0, 0.1) is 0 Å². The zero-order valence-electron chi connectivity index (χ0n) is 28.2. The fourth-order valence-electron chi connectivity index (χ4n) is 4.67. The van der Waals surface area contributed by atoms with Crippen molar-refractivity contribution < 1.29 is 9.47 Å². The Morgan fingerprint density at radius 1 is 0.535 bits per heavy atom. The molecule has 2 saturated heterocycles. The predicted molar refractivity (Wildman–Crippen MR) is 174 cm³/mol. The summed E-state index contributed by atoms with van der Waals surface area (Å²) in [6.45, 7) is 29.2. The molecule has 0 N–H and O–H groups in total. The predicted octanol–water partition coefficient (Wildman–Crippen LogP) is 5.26. The topological polar surface area (TPSA) is 78.4 Å². The van der Waals surface area contributed by atoms with Crippen molar-refractivity contribution >= 4 is 0 Å². The molecule has 10 nitrogen and oxygen atoms in total. The Labute approximate surface area is 260 Å². The molecule has 2 fully saturated rings. The highest BCUT2D eigenvalue weighted by atomic mass is 16.5. The van der Waals surface area contributed by atoms with Crippen LogP contribution >= 0.6 is 0 Å². The highest BCUT2D eigenvalue weighted by Crippen LogP contribution is 2.15.